The highest BCUT2D eigenvalue weighted by Gasteiger charge is 2.31. The summed E-state index contributed by atoms with van der Waals surface area (Å²) in [7, 11) is 0. The van der Waals surface area contributed by atoms with E-state index in [1.807, 2.05) is 0 Å². The molecule has 2 atom stereocenters. The van der Waals surface area contributed by atoms with Crippen molar-refractivity contribution in [2.75, 3.05) is 19.6 Å². The van der Waals surface area contributed by atoms with Crippen LogP contribution in [-0.2, 0) is 0 Å². The van der Waals surface area contributed by atoms with Crippen LogP contribution in [0.25, 0.3) is 0 Å². The van der Waals surface area contributed by atoms with Crippen LogP contribution in [0.5, 0.6) is 0 Å². The molecular weight excluding hydrogens is 196 g/mol. The first-order valence-corrected chi connectivity index (χ1v) is 7.18. The molecule has 2 heteroatoms. The fourth-order valence-electron chi connectivity index (χ4n) is 2.96. The van der Waals surface area contributed by atoms with Crippen molar-refractivity contribution in [3.05, 3.63) is 0 Å². The van der Waals surface area contributed by atoms with Crippen molar-refractivity contribution in [2.45, 2.75) is 58.5 Å². The summed E-state index contributed by atoms with van der Waals surface area (Å²) in [5, 5.41) is 3.81. The van der Waals surface area contributed by atoms with Crippen LogP contribution in [0, 0.1) is 11.8 Å². The van der Waals surface area contributed by atoms with Gasteiger partial charge in [-0.25, -0.2) is 0 Å². The molecule has 0 radical (unpaired) electrons. The van der Waals surface area contributed by atoms with Crippen LogP contribution in [-0.4, -0.2) is 36.6 Å². The van der Waals surface area contributed by atoms with E-state index < -0.39 is 0 Å². The maximum atomic E-state index is 3.81. The molecule has 2 unspecified atom stereocenters. The van der Waals surface area contributed by atoms with E-state index in [0.29, 0.717) is 0 Å². The van der Waals surface area contributed by atoms with Crippen molar-refractivity contribution in [3.63, 3.8) is 0 Å². The molecule has 1 saturated heterocycles. The van der Waals surface area contributed by atoms with E-state index in [4.69, 9.17) is 0 Å². The summed E-state index contributed by atoms with van der Waals surface area (Å²) in [5.41, 5.74) is 0. The fourth-order valence-corrected chi connectivity index (χ4v) is 2.96. The average molecular weight is 224 g/mol. The van der Waals surface area contributed by atoms with Gasteiger partial charge in [0.1, 0.15) is 0 Å². The Morgan fingerprint density at radius 2 is 2.00 bits per heavy atom. The Balaban J connectivity index is 1.66. The lowest BCUT2D eigenvalue weighted by atomic mass is 10.1. The van der Waals surface area contributed by atoms with E-state index in [1.54, 1.807) is 0 Å². The Morgan fingerprint density at radius 1 is 1.25 bits per heavy atom. The lowest BCUT2D eigenvalue weighted by Gasteiger charge is -2.22. The topological polar surface area (TPSA) is 15.3 Å². The van der Waals surface area contributed by atoms with Gasteiger partial charge in [-0.3, -0.25) is 0 Å². The van der Waals surface area contributed by atoms with Gasteiger partial charge in [-0.05, 0) is 64.5 Å². The summed E-state index contributed by atoms with van der Waals surface area (Å²) >= 11 is 0. The van der Waals surface area contributed by atoms with E-state index >= 15 is 0 Å². The molecule has 0 aromatic carbocycles. The maximum Gasteiger partial charge on any atom is 0.00928 e. The largest absolute Gasteiger partial charge is 0.313 e. The molecule has 2 fully saturated rings. The molecule has 1 N–H and O–H groups in total. The van der Waals surface area contributed by atoms with Crippen LogP contribution in [0.2, 0.25) is 0 Å². The molecule has 1 saturated carbocycles. The standard InChI is InChI=1S/C14H28N2/c1-4-14(13-5-6-13)15-9-12-7-8-16(10-12)11(2)3/h11-15H,4-10H2,1-3H3. The van der Waals surface area contributed by atoms with Crippen LogP contribution in [0.3, 0.4) is 0 Å². The molecule has 94 valence electrons. The Kier molecular flexibility index (Phi) is 4.26. The fraction of sp³-hybridized carbons (Fsp3) is 1.00. The van der Waals surface area contributed by atoms with Gasteiger partial charge in [0, 0.05) is 18.6 Å². The third-order valence-electron chi connectivity index (χ3n) is 4.35. The first-order chi connectivity index (χ1) is 7.70. The zero-order valence-electron chi connectivity index (χ0n) is 11.2. The van der Waals surface area contributed by atoms with Crippen molar-refractivity contribution in [1.29, 1.82) is 0 Å². The third-order valence-corrected chi connectivity index (χ3v) is 4.35. The molecular formula is C14H28N2. The second-order valence-electron chi connectivity index (χ2n) is 6.00. The Hall–Kier alpha value is -0.0800. The quantitative estimate of drug-likeness (QED) is 0.746. The van der Waals surface area contributed by atoms with Crippen molar-refractivity contribution in [3.8, 4) is 0 Å². The molecule has 0 aromatic rings. The monoisotopic (exact) mass is 224 g/mol. The molecule has 2 nitrogen and oxygen atoms in total. The van der Waals surface area contributed by atoms with E-state index in [-0.39, 0.29) is 0 Å². The number of nitrogens with one attached hydrogen (secondary N) is 1. The minimum atomic E-state index is 0.732. The van der Waals surface area contributed by atoms with Crippen molar-refractivity contribution >= 4 is 0 Å². The second kappa shape index (κ2) is 5.50. The highest BCUT2D eigenvalue weighted by atomic mass is 15.2. The molecule has 2 aliphatic rings. The van der Waals surface area contributed by atoms with Crippen LogP contribution >= 0.6 is 0 Å². The van der Waals surface area contributed by atoms with E-state index in [0.717, 1.165) is 23.9 Å². The Bertz CT molecular complexity index is 211. The highest BCUT2D eigenvalue weighted by Crippen LogP contribution is 2.34. The van der Waals surface area contributed by atoms with E-state index in [1.165, 1.54) is 45.3 Å². The molecule has 16 heavy (non-hydrogen) atoms. The predicted molar refractivity (Wildman–Crippen MR) is 69.6 cm³/mol. The second-order valence-corrected chi connectivity index (χ2v) is 6.00. The van der Waals surface area contributed by atoms with Crippen molar-refractivity contribution in [1.82, 2.24) is 10.2 Å². The summed E-state index contributed by atoms with van der Waals surface area (Å²) in [5.74, 6) is 1.91. The minimum absolute atomic E-state index is 0.732. The number of hydrogen-bond acceptors (Lipinski definition) is 2. The van der Waals surface area contributed by atoms with Gasteiger partial charge in [0.2, 0.25) is 0 Å². The molecule has 0 spiro atoms. The normalized spacial score (nSPS) is 28.9. The molecule has 1 aliphatic heterocycles. The lowest BCUT2D eigenvalue weighted by Crippen LogP contribution is -2.36. The first-order valence-electron chi connectivity index (χ1n) is 7.18. The number of hydrogen-bond donors (Lipinski definition) is 1. The summed E-state index contributed by atoms with van der Waals surface area (Å²) in [6.07, 6.45) is 5.64. The van der Waals surface area contributed by atoms with Crippen molar-refractivity contribution < 1.29 is 0 Å². The molecule has 1 aliphatic carbocycles. The summed E-state index contributed by atoms with van der Waals surface area (Å²) in [4.78, 5) is 2.62. The van der Waals surface area contributed by atoms with Gasteiger partial charge in [0.05, 0.1) is 0 Å². The van der Waals surface area contributed by atoms with Gasteiger partial charge < -0.3 is 10.2 Å². The SMILES string of the molecule is CCC(NCC1CCN(C(C)C)C1)C1CC1. The molecule has 2 rings (SSSR count). The minimum Gasteiger partial charge on any atom is -0.313 e. The van der Waals surface area contributed by atoms with Crippen molar-refractivity contribution in [2.24, 2.45) is 11.8 Å². The highest BCUT2D eigenvalue weighted by molar-refractivity contribution is 4.87. The summed E-state index contributed by atoms with van der Waals surface area (Å²) in [6, 6.07) is 1.54. The van der Waals surface area contributed by atoms with Gasteiger partial charge in [-0.2, -0.15) is 0 Å². The summed E-state index contributed by atoms with van der Waals surface area (Å²) in [6.45, 7) is 10.8. The van der Waals surface area contributed by atoms with Gasteiger partial charge in [-0.15, -0.1) is 0 Å². The Labute approximate surface area is 101 Å². The third kappa shape index (κ3) is 3.21. The van der Waals surface area contributed by atoms with Crippen LogP contribution < -0.4 is 5.32 Å². The zero-order valence-corrected chi connectivity index (χ0v) is 11.2. The molecule has 0 bridgehead atoms. The molecule has 1 heterocycles. The number of nitrogens with zero attached hydrogens (tertiary/aromatic N) is 1. The predicted octanol–water partition coefficient (Wildman–Crippen LogP) is 2.49. The molecule has 0 aromatic heterocycles. The van der Waals surface area contributed by atoms with E-state index in [9.17, 15) is 0 Å². The summed E-state index contributed by atoms with van der Waals surface area (Å²) < 4.78 is 0. The van der Waals surface area contributed by atoms with Gasteiger partial charge >= 0.3 is 0 Å². The van der Waals surface area contributed by atoms with Crippen LogP contribution in [0.4, 0.5) is 0 Å². The smallest absolute Gasteiger partial charge is 0.00928 e. The number of rotatable bonds is 6. The van der Waals surface area contributed by atoms with E-state index in [2.05, 4.69) is 31.0 Å². The van der Waals surface area contributed by atoms with Crippen LogP contribution in [0.15, 0.2) is 0 Å². The Morgan fingerprint density at radius 3 is 2.50 bits per heavy atom. The maximum absolute atomic E-state index is 3.81. The zero-order chi connectivity index (χ0) is 11.5. The number of likely N-dealkylation sites (tertiary alicyclic amines) is 1. The lowest BCUT2D eigenvalue weighted by molar-refractivity contribution is 0.261. The van der Waals surface area contributed by atoms with Gasteiger partial charge in [0.15, 0.2) is 0 Å². The average Bonchev–Trinajstić information content (AvgIpc) is 2.97. The van der Waals surface area contributed by atoms with Gasteiger partial charge in [-0.1, -0.05) is 6.92 Å². The van der Waals surface area contributed by atoms with Gasteiger partial charge in [0.25, 0.3) is 0 Å². The van der Waals surface area contributed by atoms with Crippen LogP contribution in [0.1, 0.15) is 46.5 Å². The first kappa shape index (κ1) is 12.4. The molecule has 0 amide bonds.